The molecule has 1 amide bonds. The zero-order valence-corrected chi connectivity index (χ0v) is 19.7. The van der Waals surface area contributed by atoms with Crippen molar-refractivity contribution in [3.8, 4) is 11.3 Å². The molecule has 0 radical (unpaired) electrons. The number of rotatable bonds is 6. The largest absolute Gasteiger partial charge is 0.382 e. The first-order valence-electron chi connectivity index (χ1n) is 10.9. The molecule has 0 unspecified atom stereocenters. The Morgan fingerprint density at radius 1 is 1.17 bits per heavy atom. The number of benzene rings is 2. The van der Waals surface area contributed by atoms with Crippen LogP contribution >= 0.6 is 0 Å². The molecule has 0 atom stereocenters. The molecular formula is C24H24F2N4O4S. The molecule has 1 saturated heterocycles. The molecule has 1 aliphatic heterocycles. The van der Waals surface area contributed by atoms with Gasteiger partial charge < -0.3 is 15.8 Å². The number of nitrogens with two attached hydrogens (primary N) is 1. The van der Waals surface area contributed by atoms with E-state index < -0.39 is 27.4 Å². The van der Waals surface area contributed by atoms with Crippen LogP contribution < -0.4 is 11.1 Å². The highest BCUT2D eigenvalue weighted by Crippen LogP contribution is 2.30. The van der Waals surface area contributed by atoms with E-state index in [0.29, 0.717) is 24.5 Å². The fourth-order valence-corrected chi connectivity index (χ4v) is 4.57. The quantitative estimate of drug-likeness (QED) is 0.530. The number of halogens is 2. The van der Waals surface area contributed by atoms with Crippen molar-refractivity contribution >= 4 is 21.6 Å². The van der Waals surface area contributed by atoms with Gasteiger partial charge in [0.15, 0.2) is 9.84 Å². The summed E-state index contributed by atoms with van der Waals surface area (Å²) in [5, 5.41) is 2.48. The maximum absolute atomic E-state index is 14.9. The Bertz CT molecular complexity index is 1380. The van der Waals surface area contributed by atoms with Crippen LogP contribution in [0.4, 0.5) is 14.6 Å². The zero-order chi connectivity index (χ0) is 25.2. The molecule has 4 rings (SSSR count). The summed E-state index contributed by atoms with van der Waals surface area (Å²) < 4.78 is 57.4. The van der Waals surface area contributed by atoms with Crippen LogP contribution in [0.1, 0.15) is 40.4 Å². The molecule has 35 heavy (non-hydrogen) atoms. The van der Waals surface area contributed by atoms with Crippen molar-refractivity contribution in [1.29, 1.82) is 0 Å². The van der Waals surface area contributed by atoms with Crippen LogP contribution in [-0.2, 0) is 21.1 Å². The second-order valence-electron chi connectivity index (χ2n) is 8.36. The van der Waals surface area contributed by atoms with Gasteiger partial charge in [-0.3, -0.25) is 4.79 Å². The molecule has 2 heterocycles. The fourth-order valence-electron chi connectivity index (χ4n) is 3.88. The van der Waals surface area contributed by atoms with Gasteiger partial charge in [0.1, 0.15) is 23.1 Å². The average Bonchev–Trinajstić information content (AvgIpc) is 2.82. The van der Waals surface area contributed by atoms with E-state index in [1.54, 1.807) is 6.20 Å². The lowest BCUT2D eigenvalue weighted by Crippen LogP contribution is -2.24. The number of aromatic nitrogens is 2. The van der Waals surface area contributed by atoms with Crippen LogP contribution in [0.3, 0.4) is 0 Å². The molecule has 0 bridgehead atoms. The van der Waals surface area contributed by atoms with Crippen molar-refractivity contribution in [2.45, 2.75) is 30.2 Å². The highest BCUT2D eigenvalue weighted by atomic mass is 32.2. The van der Waals surface area contributed by atoms with Crippen LogP contribution in [0.25, 0.3) is 11.3 Å². The van der Waals surface area contributed by atoms with E-state index in [9.17, 15) is 22.0 Å². The summed E-state index contributed by atoms with van der Waals surface area (Å²) >= 11 is 0. The van der Waals surface area contributed by atoms with Gasteiger partial charge in [0, 0.05) is 37.5 Å². The maximum Gasteiger partial charge on any atom is 0.254 e. The molecule has 11 heteroatoms. The molecule has 1 aliphatic rings. The number of carbonyl (C=O) groups excluding carboxylic acids is 1. The smallest absolute Gasteiger partial charge is 0.254 e. The van der Waals surface area contributed by atoms with Crippen molar-refractivity contribution in [1.82, 2.24) is 15.3 Å². The van der Waals surface area contributed by atoms with Crippen molar-refractivity contribution in [3.63, 3.8) is 0 Å². The standard InChI is InChI=1S/C24H24F2N4O4S/c1-35(32,33)18-9-14(8-17(25)11-18)12-29-24(31)19-3-2-16(10-20(19)26)22-23(27)28-13-21(30-22)15-4-6-34-7-5-15/h2-3,8-11,13,15H,4-7,12H2,1H3,(H2,27,28)(H,29,31). The predicted molar refractivity (Wildman–Crippen MR) is 125 cm³/mol. The molecular weight excluding hydrogens is 478 g/mol. The molecule has 8 nitrogen and oxygen atoms in total. The molecule has 3 N–H and O–H groups in total. The van der Waals surface area contributed by atoms with Gasteiger partial charge in [0.25, 0.3) is 5.91 Å². The normalized spacial score (nSPS) is 14.6. The van der Waals surface area contributed by atoms with Crippen molar-refractivity contribution in [2.75, 3.05) is 25.2 Å². The Morgan fingerprint density at radius 2 is 1.91 bits per heavy atom. The van der Waals surface area contributed by atoms with E-state index in [4.69, 9.17) is 10.5 Å². The minimum atomic E-state index is -3.63. The Labute approximate surface area is 201 Å². The van der Waals surface area contributed by atoms with Gasteiger partial charge in [0.2, 0.25) is 0 Å². The van der Waals surface area contributed by atoms with E-state index in [-0.39, 0.29) is 34.3 Å². The third-order valence-corrected chi connectivity index (χ3v) is 6.85. The Kier molecular flexibility index (Phi) is 7.08. The molecule has 3 aromatic rings. The van der Waals surface area contributed by atoms with Crippen LogP contribution in [0.5, 0.6) is 0 Å². The summed E-state index contributed by atoms with van der Waals surface area (Å²) in [4.78, 5) is 21.2. The second-order valence-corrected chi connectivity index (χ2v) is 10.4. The lowest BCUT2D eigenvalue weighted by Gasteiger charge is -2.22. The van der Waals surface area contributed by atoms with E-state index >= 15 is 0 Å². The van der Waals surface area contributed by atoms with Gasteiger partial charge >= 0.3 is 0 Å². The first-order valence-corrected chi connectivity index (χ1v) is 12.8. The molecule has 2 aromatic carbocycles. The Hall–Kier alpha value is -3.44. The Balaban J connectivity index is 1.52. The van der Waals surface area contributed by atoms with Gasteiger partial charge in [-0.1, -0.05) is 6.07 Å². The van der Waals surface area contributed by atoms with Gasteiger partial charge in [-0.15, -0.1) is 0 Å². The maximum atomic E-state index is 14.9. The number of ether oxygens (including phenoxy) is 1. The van der Waals surface area contributed by atoms with E-state index in [1.165, 1.54) is 18.2 Å². The number of nitrogen functional groups attached to an aromatic ring is 1. The van der Waals surface area contributed by atoms with E-state index in [0.717, 1.165) is 43.0 Å². The lowest BCUT2D eigenvalue weighted by molar-refractivity contribution is 0.0844. The van der Waals surface area contributed by atoms with E-state index in [1.807, 2.05) is 0 Å². The minimum absolute atomic E-state index is 0.144. The second kappa shape index (κ2) is 10.0. The van der Waals surface area contributed by atoms with Crippen molar-refractivity contribution in [3.05, 3.63) is 71.1 Å². The monoisotopic (exact) mass is 502 g/mol. The fraction of sp³-hybridized carbons (Fsp3) is 0.292. The molecule has 0 aliphatic carbocycles. The molecule has 184 valence electrons. The van der Waals surface area contributed by atoms with Crippen LogP contribution in [0.15, 0.2) is 47.5 Å². The number of amides is 1. The first-order chi connectivity index (χ1) is 16.6. The molecule has 1 fully saturated rings. The number of hydrogen-bond donors (Lipinski definition) is 2. The number of carbonyl (C=O) groups is 1. The third kappa shape index (κ3) is 5.80. The number of nitrogens with zero attached hydrogens (tertiary/aromatic N) is 2. The first kappa shape index (κ1) is 24.7. The van der Waals surface area contributed by atoms with Gasteiger partial charge in [-0.25, -0.2) is 27.2 Å². The molecule has 1 aromatic heterocycles. The number of sulfone groups is 1. The number of nitrogens with one attached hydrogen (secondary N) is 1. The van der Waals surface area contributed by atoms with Crippen LogP contribution in [0.2, 0.25) is 0 Å². The van der Waals surface area contributed by atoms with Crippen molar-refractivity contribution in [2.24, 2.45) is 0 Å². The summed E-state index contributed by atoms with van der Waals surface area (Å²) in [5.41, 5.74) is 7.44. The molecule has 0 spiro atoms. The summed E-state index contributed by atoms with van der Waals surface area (Å²) in [6.07, 6.45) is 4.19. The number of hydrogen-bond acceptors (Lipinski definition) is 7. The van der Waals surface area contributed by atoms with Gasteiger partial charge in [-0.05, 0) is 48.7 Å². The topological polar surface area (TPSA) is 124 Å². The minimum Gasteiger partial charge on any atom is -0.382 e. The summed E-state index contributed by atoms with van der Waals surface area (Å²) in [7, 11) is -3.63. The van der Waals surface area contributed by atoms with Gasteiger partial charge in [-0.2, -0.15) is 0 Å². The zero-order valence-electron chi connectivity index (χ0n) is 18.9. The summed E-state index contributed by atoms with van der Waals surface area (Å²) in [5.74, 6) is -1.97. The van der Waals surface area contributed by atoms with Crippen LogP contribution in [-0.4, -0.2) is 43.8 Å². The summed E-state index contributed by atoms with van der Waals surface area (Å²) in [6.45, 7) is 1.08. The SMILES string of the molecule is CS(=O)(=O)c1cc(F)cc(CNC(=O)c2ccc(-c3nc(C4CCOCC4)cnc3N)cc2F)c1. The van der Waals surface area contributed by atoms with E-state index in [2.05, 4.69) is 15.3 Å². The molecule has 0 saturated carbocycles. The highest BCUT2D eigenvalue weighted by Gasteiger charge is 2.20. The highest BCUT2D eigenvalue weighted by molar-refractivity contribution is 7.90. The van der Waals surface area contributed by atoms with Crippen LogP contribution in [0, 0.1) is 11.6 Å². The van der Waals surface area contributed by atoms with Gasteiger partial charge in [0.05, 0.1) is 22.3 Å². The third-order valence-electron chi connectivity index (χ3n) is 5.76. The predicted octanol–water partition coefficient (Wildman–Crippen LogP) is 3.23. The Morgan fingerprint density at radius 3 is 2.60 bits per heavy atom. The number of anilines is 1. The van der Waals surface area contributed by atoms with Crippen molar-refractivity contribution < 1.29 is 26.7 Å². The lowest BCUT2D eigenvalue weighted by atomic mass is 9.96. The average molecular weight is 503 g/mol. The summed E-state index contributed by atoms with van der Waals surface area (Å²) in [6, 6.07) is 7.23.